The molecule has 3 aromatic rings. The smallest absolute Gasteiger partial charge is 0.277 e. The number of rotatable bonds is 3. The molecule has 138 valence electrons. The zero-order valence-corrected chi connectivity index (χ0v) is 15.3. The van der Waals surface area contributed by atoms with Crippen molar-refractivity contribution in [2.75, 3.05) is 11.9 Å². The molecule has 27 heavy (non-hydrogen) atoms. The summed E-state index contributed by atoms with van der Waals surface area (Å²) in [6, 6.07) is 9.18. The number of likely N-dealkylation sites (tertiary alicyclic amines) is 1. The molecule has 2 amide bonds. The number of hydrogen-bond donors (Lipinski definition) is 1. The molecule has 7 heteroatoms. The molecule has 3 aromatic heterocycles. The van der Waals surface area contributed by atoms with E-state index in [1.165, 1.54) is 0 Å². The first-order chi connectivity index (χ1) is 13.0. The minimum atomic E-state index is -0.311. The van der Waals surface area contributed by atoms with Crippen LogP contribution in [0.1, 0.15) is 47.7 Å². The number of imidazole rings is 1. The van der Waals surface area contributed by atoms with E-state index in [4.69, 9.17) is 0 Å². The summed E-state index contributed by atoms with van der Waals surface area (Å²) in [5.74, 6) is 0.921. The van der Waals surface area contributed by atoms with Gasteiger partial charge in [-0.2, -0.15) is 0 Å². The fraction of sp³-hybridized carbons (Fsp3) is 0.300. The number of carbonyl (C=O) groups is 2. The number of nitrogens with one attached hydrogen (secondary N) is 1. The predicted molar refractivity (Wildman–Crippen MR) is 101 cm³/mol. The first kappa shape index (κ1) is 17.2. The average molecular weight is 363 g/mol. The Morgan fingerprint density at radius 2 is 2.07 bits per heavy atom. The lowest BCUT2D eigenvalue weighted by Crippen LogP contribution is -2.29. The second-order valence-electron chi connectivity index (χ2n) is 6.82. The normalized spacial score (nSPS) is 16.7. The summed E-state index contributed by atoms with van der Waals surface area (Å²) in [4.78, 5) is 35.5. The quantitative estimate of drug-likeness (QED) is 0.776. The maximum absolute atomic E-state index is 12.8. The third-order valence-electron chi connectivity index (χ3n) is 4.90. The van der Waals surface area contributed by atoms with E-state index < -0.39 is 0 Å². The zero-order valence-electron chi connectivity index (χ0n) is 15.3. The molecule has 1 unspecified atom stereocenters. The number of nitrogens with zero attached hydrogens (tertiary/aromatic N) is 4. The number of pyridine rings is 2. The molecule has 0 radical (unpaired) electrons. The number of aryl methyl sites for hydroxylation is 1. The fourth-order valence-electron chi connectivity index (χ4n) is 3.59. The SMILES string of the molecule is CC(=O)N1CCCC1c1nc(C(=O)Nc2ccc(C)cn2)c2ccccn12. The Morgan fingerprint density at radius 1 is 1.22 bits per heavy atom. The standard InChI is InChI=1S/C20H21N5O2/c1-13-8-9-17(21-12-13)22-20(27)18-15-6-3-4-10-25(15)19(23-18)16-7-5-11-24(16)14(2)26/h3-4,6,8-10,12,16H,5,7,11H2,1-2H3,(H,21,22,27). The van der Waals surface area contributed by atoms with Crippen LogP contribution in [0.25, 0.3) is 5.52 Å². The molecule has 4 heterocycles. The van der Waals surface area contributed by atoms with Gasteiger partial charge in [0.1, 0.15) is 11.6 Å². The number of aromatic nitrogens is 3. The molecule has 0 aromatic carbocycles. The highest BCUT2D eigenvalue weighted by Gasteiger charge is 2.32. The molecule has 1 fully saturated rings. The van der Waals surface area contributed by atoms with E-state index in [1.54, 1.807) is 19.2 Å². The topological polar surface area (TPSA) is 79.6 Å². The van der Waals surface area contributed by atoms with Gasteiger partial charge in [-0.05, 0) is 43.5 Å². The minimum absolute atomic E-state index is 0.0278. The summed E-state index contributed by atoms with van der Waals surface area (Å²) >= 11 is 0. The van der Waals surface area contributed by atoms with Gasteiger partial charge in [-0.15, -0.1) is 0 Å². The van der Waals surface area contributed by atoms with Crippen molar-refractivity contribution >= 4 is 23.1 Å². The minimum Gasteiger partial charge on any atom is -0.333 e. The van der Waals surface area contributed by atoms with Crippen molar-refractivity contribution < 1.29 is 9.59 Å². The van der Waals surface area contributed by atoms with E-state index in [9.17, 15) is 9.59 Å². The lowest BCUT2D eigenvalue weighted by Gasteiger charge is -2.22. The first-order valence-electron chi connectivity index (χ1n) is 9.03. The summed E-state index contributed by atoms with van der Waals surface area (Å²) in [6.45, 7) is 4.23. The van der Waals surface area contributed by atoms with E-state index in [-0.39, 0.29) is 17.9 Å². The van der Waals surface area contributed by atoms with E-state index >= 15 is 0 Å². The van der Waals surface area contributed by atoms with Crippen molar-refractivity contribution in [1.82, 2.24) is 19.3 Å². The van der Waals surface area contributed by atoms with Crippen LogP contribution in [-0.4, -0.2) is 37.6 Å². The summed E-state index contributed by atoms with van der Waals surface area (Å²) in [5.41, 5.74) is 2.07. The second kappa shape index (κ2) is 6.83. The van der Waals surface area contributed by atoms with Gasteiger partial charge in [0.05, 0.1) is 11.6 Å². The van der Waals surface area contributed by atoms with Crippen molar-refractivity contribution in [1.29, 1.82) is 0 Å². The highest BCUT2D eigenvalue weighted by atomic mass is 16.2. The lowest BCUT2D eigenvalue weighted by molar-refractivity contribution is -0.129. The van der Waals surface area contributed by atoms with Crippen LogP contribution in [0.5, 0.6) is 0 Å². The lowest BCUT2D eigenvalue weighted by atomic mass is 10.2. The summed E-state index contributed by atoms with van der Waals surface area (Å²) in [5, 5.41) is 2.81. The molecule has 0 bridgehead atoms. The van der Waals surface area contributed by atoms with Crippen LogP contribution in [0.15, 0.2) is 42.7 Å². The molecule has 1 aliphatic rings. The molecule has 1 atom stereocenters. The number of carbonyl (C=O) groups excluding carboxylic acids is 2. The summed E-state index contributed by atoms with van der Waals surface area (Å²) < 4.78 is 1.91. The van der Waals surface area contributed by atoms with Gasteiger partial charge in [-0.3, -0.25) is 9.59 Å². The molecule has 0 aliphatic carbocycles. The van der Waals surface area contributed by atoms with E-state index in [0.717, 1.165) is 30.8 Å². The van der Waals surface area contributed by atoms with Gasteiger partial charge >= 0.3 is 0 Å². The zero-order chi connectivity index (χ0) is 19.0. The van der Waals surface area contributed by atoms with Crippen molar-refractivity contribution in [3.05, 3.63) is 59.8 Å². The van der Waals surface area contributed by atoms with Crippen molar-refractivity contribution in [2.45, 2.75) is 32.7 Å². The highest BCUT2D eigenvalue weighted by molar-refractivity contribution is 6.07. The van der Waals surface area contributed by atoms with Crippen LogP contribution in [0, 0.1) is 6.92 Å². The van der Waals surface area contributed by atoms with Crippen LogP contribution in [0.4, 0.5) is 5.82 Å². The molecule has 4 rings (SSSR count). The second-order valence-corrected chi connectivity index (χ2v) is 6.82. The Balaban J connectivity index is 1.72. The van der Waals surface area contributed by atoms with Gasteiger partial charge in [-0.1, -0.05) is 12.1 Å². The fourth-order valence-corrected chi connectivity index (χ4v) is 3.59. The Labute approximate surface area is 157 Å². The van der Waals surface area contributed by atoms with Crippen molar-refractivity contribution in [3.63, 3.8) is 0 Å². The number of hydrogen-bond acceptors (Lipinski definition) is 4. The number of amides is 2. The van der Waals surface area contributed by atoms with Crippen LogP contribution in [0.2, 0.25) is 0 Å². The molecule has 0 spiro atoms. The van der Waals surface area contributed by atoms with Crippen LogP contribution < -0.4 is 5.32 Å². The molecular weight excluding hydrogens is 342 g/mol. The van der Waals surface area contributed by atoms with Crippen LogP contribution in [-0.2, 0) is 4.79 Å². The highest BCUT2D eigenvalue weighted by Crippen LogP contribution is 2.32. The van der Waals surface area contributed by atoms with Gasteiger partial charge < -0.3 is 14.6 Å². The maximum Gasteiger partial charge on any atom is 0.277 e. The third kappa shape index (κ3) is 3.16. The predicted octanol–water partition coefficient (Wildman–Crippen LogP) is 2.97. The maximum atomic E-state index is 12.8. The Hall–Kier alpha value is -3.22. The van der Waals surface area contributed by atoms with E-state index in [2.05, 4.69) is 15.3 Å². The monoisotopic (exact) mass is 363 g/mol. The molecule has 1 aliphatic heterocycles. The largest absolute Gasteiger partial charge is 0.333 e. The molecule has 7 nitrogen and oxygen atoms in total. The van der Waals surface area contributed by atoms with Crippen molar-refractivity contribution in [2.24, 2.45) is 0 Å². The van der Waals surface area contributed by atoms with E-state index in [1.807, 2.05) is 46.7 Å². The van der Waals surface area contributed by atoms with Gasteiger partial charge in [0, 0.05) is 25.9 Å². The first-order valence-corrected chi connectivity index (χ1v) is 9.03. The van der Waals surface area contributed by atoms with Crippen LogP contribution >= 0.6 is 0 Å². The molecule has 1 N–H and O–H groups in total. The molecule has 1 saturated heterocycles. The third-order valence-corrected chi connectivity index (χ3v) is 4.90. The Bertz CT molecular complexity index is 1010. The van der Waals surface area contributed by atoms with Gasteiger partial charge in [0.2, 0.25) is 5.91 Å². The average Bonchev–Trinajstić information content (AvgIpc) is 3.28. The molecule has 0 saturated carbocycles. The molecular formula is C20H21N5O2. The Morgan fingerprint density at radius 3 is 2.81 bits per heavy atom. The van der Waals surface area contributed by atoms with Gasteiger partial charge in [0.25, 0.3) is 5.91 Å². The number of anilines is 1. The number of fused-ring (bicyclic) bond motifs is 1. The Kier molecular flexibility index (Phi) is 4.35. The summed E-state index contributed by atoms with van der Waals surface area (Å²) in [6.07, 6.45) is 5.36. The van der Waals surface area contributed by atoms with E-state index in [0.29, 0.717) is 17.0 Å². The van der Waals surface area contributed by atoms with Gasteiger partial charge in [0.15, 0.2) is 5.69 Å². The van der Waals surface area contributed by atoms with Crippen LogP contribution in [0.3, 0.4) is 0 Å². The summed E-state index contributed by atoms with van der Waals surface area (Å²) in [7, 11) is 0. The van der Waals surface area contributed by atoms with Crippen molar-refractivity contribution in [3.8, 4) is 0 Å². The van der Waals surface area contributed by atoms with Gasteiger partial charge in [-0.25, -0.2) is 9.97 Å².